The number of benzene rings is 1. The largest absolute Gasteiger partial charge is 0.413 e. The van der Waals surface area contributed by atoms with Gasteiger partial charge in [-0.25, -0.2) is 4.39 Å². The molecule has 0 spiro atoms. The summed E-state index contributed by atoms with van der Waals surface area (Å²) in [5.74, 6) is -1.16. The Morgan fingerprint density at radius 1 is 1.32 bits per heavy atom. The molecule has 1 atom stereocenters. The molecule has 1 saturated heterocycles. The van der Waals surface area contributed by atoms with Crippen LogP contribution in [0.3, 0.4) is 0 Å². The smallest absolute Gasteiger partial charge is 0.327 e. The highest BCUT2D eigenvalue weighted by molar-refractivity contribution is 9.10. The molecule has 1 aliphatic rings. The van der Waals surface area contributed by atoms with Crippen molar-refractivity contribution in [2.45, 2.75) is 17.9 Å². The predicted octanol–water partition coefficient (Wildman–Crippen LogP) is 3.24. The molecule has 2 rings (SSSR count). The summed E-state index contributed by atoms with van der Waals surface area (Å²) in [6, 6.07) is 3.24. The van der Waals surface area contributed by atoms with Gasteiger partial charge in [0.2, 0.25) is 5.67 Å². The van der Waals surface area contributed by atoms with Gasteiger partial charge >= 0.3 is 6.18 Å². The van der Waals surface area contributed by atoms with Crippen LogP contribution in [0.1, 0.15) is 11.6 Å². The van der Waals surface area contributed by atoms with Crippen LogP contribution in [0.4, 0.5) is 17.6 Å². The lowest BCUT2D eigenvalue weighted by molar-refractivity contribution is -0.195. The van der Waals surface area contributed by atoms with Crippen LogP contribution in [0.5, 0.6) is 0 Å². The number of nitrogens with one attached hydrogen (secondary N) is 1. The van der Waals surface area contributed by atoms with Crippen molar-refractivity contribution in [3.05, 3.63) is 34.3 Å². The second-order valence-electron chi connectivity index (χ2n) is 4.98. The van der Waals surface area contributed by atoms with Crippen LogP contribution in [0.15, 0.2) is 28.7 Å². The molecule has 3 nitrogen and oxygen atoms in total. The zero-order chi connectivity index (χ0) is 15.8. The molecule has 1 fully saturated rings. The quantitative estimate of drug-likeness (QED) is 0.783. The summed E-state index contributed by atoms with van der Waals surface area (Å²) < 4.78 is 54.5. The summed E-state index contributed by atoms with van der Waals surface area (Å²) in [5.41, 5.74) is -2.37. The van der Waals surface area contributed by atoms with Gasteiger partial charge in [0.1, 0.15) is 0 Å². The van der Waals surface area contributed by atoms with E-state index in [1.807, 2.05) is 0 Å². The summed E-state index contributed by atoms with van der Waals surface area (Å²) in [5, 5.41) is 2.55. The van der Waals surface area contributed by atoms with Gasteiger partial charge in [-0.2, -0.15) is 13.2 Å². The summed E-state index contributed by atoms with van der Waals surface area (Å²) in [6.45, 7) is -0.526. The molecule has 1 aromatic carbocycles. The van der Waals surface area contributed by atoms with Gasteiger partial charge in [0, 0.05) is 24.6 Å². The number of amides is 1. The Hall–Kier alpha value is -0.860. The Morgan fingerprint density at radius 3 is 2.18 bits per heavy atom. The van der Waals surface area contributed by atoms with Crippen molar-refractivity contribution >= 4 is 34.2 Å². The van der Waals surface area contributed by atoms with Gasteiger partial charge < -0.3 is 10.2 Å². The Balaban J connectivity index is 0.00000242. The maximum Gasteiger partial charge on any atom is 0.413 e. The number of carbonyl (C=O) groups is 1. The van der Waals surface area contributed by atoms with Crippen LogP contribution in [-0.2, 0) is 4.79 Å². The number of carbonyl (C=O) groups excluding carboxylic acids is 1. The van der Waals surface area contributed by atoms with Crippen LogP contribution >= 0.6 is 28.3 Å². The topological polar surface area (TPSA) is 32.3 Å². The number of hydrogen-bond acceptors (Lipinski definition) is 2. The number of halogens is 6. The maximum absolute atomic E-state index is 14.1. The fourth-order valence-electron chi connectivity index (χ4n) is 2.21. The predicted molar refractivity (Wildman–Crippen MR) is 79.7 cm³/mol. The molecule has 9 heteroatoms. The first-order chi connectivity index (χ1) is 9.65. The summed E-state index contributed by atoms with van der Waals surface area (Å²) in [6.07, 6.45) is -4.69. The Bertz CT molecular complexity index is 534. The molecular weight excluding hydrogens is 392 g/mol. The summed E-state index contributed by atoms with van der Waals surface area (Å²) in [7, 11) is 0.974. The monoisotopic (exact) mass is 404 g/mol. The van der Waals surface area contributed by atoms with Crippen LogP contribution < -0.4 is 5.32 Å². The Kier molecular flexibility index (Phi) is 5.86. The minimum Gasteiger partial charge on any atom is -0.327 e. The minimum atomic E-state index is -4.69. The molecule has 0 unspecified atom stereocenters. The molecule has 1 amide bonds. The summed E-state index contributed by atoms with van der Waals surface area (Å²) >= 11 is 3.13. The maximum atomic E-state index is 14.1. The molecular formula is C13H14BrClF4N2O. The van der Waals surface area contributed by atoms with E-state index in [9.17, 15) is 22.4 Å². The van der Waals surface area contributed by atoms with Crippen LogP contribution in [0.2, 0.25) is 0 Å². The second-order valence-corrected chi connectivity index (χ2v) is 5.90. The third-order valence-corrected chi connectivity index (χ3v) is 3.93. The van der Waals surface area contributed by atoms with Crippen LogP contribution in [-0.4, -0.2) is 42.8 Å². The molecule has 1 aliphatic heterocycles. The fraction of sp³-hybridized carbons (Fsp3) is 0.462. The first-order valence-corrected chi connectivity index (χ1v) is 6.93. The molecule has 0 saturated carbocycles. The van der Waals surface area contributed by atoms with E-state index in [2.05, 4.69) is 21.2 Å². The lowest BCUT2D eigenvalue weighted by atomic mass is 9.95. The number of alkyl halides is 4. The molecule has 1 heterocycles. The molecule has 22 heavy (non-hydrogen) atoms. The average molecular weight is 406 g/mol. The van der Waals surface area contributed by atoms with Gasteiger partial charge in [0.25, 0.3) is 5.91 Å². The van der Waals surface area contributed by atoms with Crippen molar-refractivity contribution in [3.8, 4) is 0 Å². The molecule has 0 aliphatic carbocycles. The minimum absolute atomic E-state index is 0. The normalized spacial score (nSPS) is 17.9. The highest BCUT2D eigenvalue weighted by Gasteiger charge is 2.52. The fourth-order valence-corrected chi connectivity index (χ4v) is 2.47. The van der Waals surface area contributed by atoms with Crippen molar-refractivity contribution < 1.29 is 22.4 Å². The first-order valence-electron chi connectivity index (χ1n) is 6.14. The molecule has 0 radical (unpaired) electrons. The Morgan fingerprint density at radius 2 is 1.82 bits per heavy atom. The standard InChI is InChI=1S/C13H13BrF4N2O.ClH/c1-20(11(21)12(15)6-19-7-12)10(13(16,17)18)8-2-4-9(14)5-3-8;/h2-5,10,19H,6-7H2,1H3;1H/t10-;/m0./s1. The lowest BCUT2D eigenvalue weighted by Crippen LogP contribution is -2.65. The van der Waals surface area contributed by atoms with Crippen molar-refractivity contribution in [3.63, 3.8) is 0 Å². The van der Waals surface area contributed by atoms with Gasteiger partial charge in [-0.15, -0.1) is 12.4 Å². The Labute approximate surface area is 139 Å². The van der Waals surface area contributed by atoms with Crippen LogP contribution in [0, 0.1) is 0 Å². The lowest BCUT2D eigenvalue weighted by Gasteiger charge is -2.39. The van der Waals surface area contributed by atoms with Crippen molar-refractivity contribution in [2.24, 2.45) is 0 Å². The molecule has 1 aromatic rings. The first kappa shape index (κ1) is 19.2. The van der Waals surface area contributed by atoms with E-state index >= 15 is 0 Å². The van der Waals surface area contributed by atoms with E-state index in [1.54, 1.807) is 0 Å². The van der Waals surface area contributed by atoms with Gasteiger partial charge in [-0.3, -0.25) is 4.79 Å². The van der Waals surface area contributed by atoms with Gasteiger partial charge in [-0.05, 0) is 17.7 Å². The van der Waals surface area contributed by atoms with E-state index in [-0.39, 0.29) is 31.1 Å². The molecule has 1 N–H and O–H groups in total. The van der Waals surface area contributed by atoms with Crippen LogP contribution in [0.25, 0.3) is 0 Å². The van der Waals surface area contributed by atoms with Gasteiger partial charge in [0.15, 0.2) is 6.04 Å². The SMILES string of the molecule is CN(C(=O)C1(F)CNC1)[C@@H](c1ccc(Br)cc1)C(F)(F)F.Cl. The van der Waals surface area contributed by atoms with Crippen molar-refractivity contribution in [1.29, 1.82) is 0 Å². The van der Waals surface area contributed by atoms with E-state index in [0.717, 1.165) is 7.05 Å². The highest BCUT2D eigenvalue weighted by atomic mass is 79.9. The third-order valence-electron chi connectivity index (χ3n) is 3.40. The van der Waals surface area contributed by atoms with E-state index < -0.39 is 23.8 Å². The highest BCUT2D eigenvalue weighted by Crippen LogP contribution is 2.39. The van der Waals surface area contributed by atoms with Gasteiger partial charge in [-0.1, -0.05) is 28.1 Å². The zero-order valence-electron chi connectivity index (χ0n) is 11.5. The number of rotatable bonds is 3. The molecule has 0 aromatic heterocycles. The number of nitrogens with zero attached hydrogens (tertiary/aromatic N) is 1. The summed E-state index contributed by atoms with van der Waals surface area (Å²) in [4.78, 5) is 12.4. The zero-order valence-corrected chi connectivity index (χ0v) is 13.9. The van der Waals surface area contributed by atoms with E-state index in [1.165, 1.54) is 24.3 Å². The number of hydrogen-bond donors (Lipinski definition) is 1. The van der Waals surface area contributed by atoms with Crippen molar-refractivity contribution in [2.75, 3.05) is 20.1 Å². The van der Waals surface area contributed by atoms with Crippen molar-refractivity contribution in [1.82, 2.24) is 10.2 Å². The molecule has 0 bridgehead atoms. The third kappa shape index (κ3) is 3.72. The van der Waals surface area contributed by atoms with Gasteiger partial charge in [0.05, 0.1) is 0 Å². The van der Waals surface area contributed by atoms with E-state index in [4.69, 9.17) is 0 Å². The molecule has 124 valence electrons. The van der Waals surface area contributed by atoms with E-state index in [0.29, 0.717) is 9.37 Å². The average Bonchev–Trinajstić information content (AvgIpc) is 2.36. The second kappa shape index (κ2) is 6.72.